The zero-order valence-corrected chi connectivity index (χ0v) is 13.3. The molecule has 0 bridgehead atoms. The first-order chi connectivity index (χ1) is 11.6. The first-order valence-corrected chi connectivity index (χ1v) is 8.53. The molecule has 0 N–H and O–H groups in total. The number of benzene rings is 1. The average Bonchev–Trinajstić information content (AvgIpc) is 2.55. The lowest BCUT2D eigenvalue weighted by Gasteiger charge is -2.09. The normalized spacial score (nSPS) is 16.8. The van der Waals surface area contributed by atoms with Crippen LogP contribution in [0.4, 0.5) is 0 Å². The Kier molecular flexibility index (Phi) is 4.29. The van der Waals surface area contributed by atoms with Crippen LogP contribution in [0, 0.1) is 29.7 Å². The van der Waals surface area contributed by atoms with E-state index in [4.69, 9.17) is 16.3 Å². The van der Waals surface area contributed by atoms with Crippen molar-refractivity contribution in [1.82, 2.24) is 0 Å². The third kappa shape index (κ3) is 3.13. The highest BCUT2D eigenvalue weighted by molar-refractivity contribution is 7.84. The highest BCUT2D eigenvalue weighted by Crippen LogP contribution is 2.22. The maximum atomic E-state index is 12.0. The Bertz CT molecular complexity index is 1090. The summed E-state index contributed by atoms with van der Waals surface area (Å²) in [4.78, 5) is 15.1. The Morgan fingerprint density at radius 3 is 3.04 bits per heavy atom. The molecular weight excluding hydrogens is 324 g/mol. The van der Waals surface area contributed by atoms with E-state index >= 15 is 0 Å². The number of hydrogen-bond acceptors (Lipinski definition) is 4. The molecule has 1 aromatic carbocycles. The lowest BCUT2D eigenvalue weighted by atomic mass is 10.0. The standard InChI is InChI=1S/C18H10N2O3S/c1-20-16(10-19)8-14-6-13-7-15-11-24(22)5-3-2-4-12(15)9-17(13)23-18(14)21/h6-9H,3,5,11H2/b16-8+. The fraction of sp³-hybridized carbons (Fsp3) is 0.167. The van der Waals surface area contributed by atoms with E-state index in [0.29, 0.717) is 34.5 Å². The van der Waals surface area contributed by atoms with Crippen LogP contribution in [0.5, 0.6) is 0 Å². The summed E-state index contributed by atoms with van der Waals surface area (Å²) in [5, 5.41) is 9.46. The lowest BCUT2D eigenvalue weighted by molar-refractivity contribution is 0.559. The van der Waals surface area contributed by atoms with Gasteiger partial charge >= 0.3 is 5.63 Å². The second-order valence-corrected chi connectivity index (χ2v) is 6.71. The molecule has 2 aromatic rings. The summed E-state index contributed by atoms with van der Waals surface area (Å²) in [6.07, 6.45) is 1.78. The van der Waals surface area contributed by atoms with Crippen LogP contribution in [0.1, 0.15) is 23.1 Å². The van der Waals surface area contributed by atoms with Gasteiger partial charge in [0.1, 0.15) is 5.58 Å². The van der Waals surface area contributed by atoms with E-state index in [1.165, 1.54) is 6.08 Å². The lowest BCUT2D eigenvalue weighted by Crippen LogP contribution is -2.06. The van der Waals surface area contributed by atoms with E-state index in [0.717, 1.165) is 5.56 Å². The molecule has 116 valence electrons. The van der Waals surface area contributed by atoms with E-state index in [9.17, 15) is 9.00 Å². The predicted molar refractivity (Wildman–Crippen MR) is 90.9 cm³/mol. The number of nitriles is 1. The quantitative estimate of drug-likeness (QED) is 0.348. The number of fused-ring (bicyclic) bond motifs is 2. The molecule has 24 heavy (non-hydrogen) atoms. The maximum Gasteiger partial charge on any atom is 0.342 e. The minimum atomic E-state index is -0.984. The van der Waals surface area contributed by atoms with Gasteiger partial charge in [-0.1, -0.05) is 11.8 Å². The molecule has 3 rings (SSSR count). The Balaban J connectivity index is 2.22. The van der Waals surface area contributed by atoms with Crippen LogP contribution in [-0.4, -0.2) is 9.96 Å². The minimum Gasteiger partial charge on any atom is -0.422 e. The van der Waals surface area contributed by atoms with Crippen molar-refractivity contribution in [1.29, 1.82) is 5.26 Å². The molecule has 2 heterocycles. The molecule has 0 saturated heterocycles. The van der Waals surface area contributed by atoms with Gasteiger partial charge in [-0.25, -0.2) is 14.9 Å². The van der Waals surface area contributed by atoms with Crippen molar-refractivity contribution in [2.24, 2.45) is 0 Å². The molecule has 1 aromatic heterocycles. The fourth-order valence-electron chi connectivity index (χ4n) is 2.37. The molecule has 0 aliphatic carbocycles. The summed E-state index contributed by atoms with van der Waals surface area (Å²) in [5.41, 5.74) is 1.23. The third-order valence-corrected chi connectivity index (χ3v) is 4.80. The SMILES string of the molecule is [C-]#[N+]/C(C#N)=C/c1cc2cc3c(cc2oc1=O)C#CCCS(=O)C3. The molecule has 6 heteroatoms. The van der Waals surface area contributed by atoms with Crippen molar-refractivity contribution in [3.8, 4) is 17.9 Å². The molecule has 1 atom stereocenters. The van der Waals surface area contributed by atoms with Crippen molar-refractivity contribution in [3.05, 3.63) is 62.4 Å². The molecule has 0 amide bonds. The Hall–Kier alpha value is -3.14. The third-order valence-electron chi connectivity index (χ3n) is 3.51. The van der Waals surface area contributed by atoms with Crippen LogP contribution < -0.4 is 5.63 Å². The fourth-order valence-corrected chi connectivity index (χ4v) is 3.43. The van der Waals surface area contributed by atoms with Crippen LogP contribution in [0.25, 0.3) is 21.9 Å². The number of rotatable bonds is 1. The van der Waals surface area contributed by atoms with E-state index in [1.807, 2.05) is 0 Å². The number of hydrogen-bond donors (Lipinski definition) is 0. The molecule has 1 aliphatic rings. The van der Waals surface area contributed by atoms with Crippen molar-refractivity contribution in [2.45, 2.75) is 12.2 Å². The predicted octanol–water partition coefficient (Wildman–Crippen LogP) is 2.58. The Labute approximate surface area is 140 Å². The van der Waals surface area contributed by atoms with Gasteiger partial charge in [-0.3, -0.25) is 4.21 Å². The first-order valence-electron chi connectivity index (χ1n) is 7.04. The summed E-state index contributed by atoms with van der Waals surface area (Å²) in [7, 11) is -0.984. The van der Waals surface area contributed by atoms with E-state index in [2.05, 4.69) is 16.7 Å². The second-order valence-electron chi connectivity index (χ2n) is 5.13. The summed E-state index contributed by atoms with van der Waals surface area (Å²) in [6, 6.07) is 6.76. The van der Waals surface area contributed by atoms with Gasteiger partial charge in [0.2, 0.25) is 0 Å². The van der Waals surface area contributed by atoms with Gasteiger partial charge in [0.25, 0.3) is 5.70 Å². The van der Waals surface area contributed by atoms with Crippen LogP contribution in [0.3, 0.4) is 0 Å². The summed E-state index contributed by atoms with van der Waals surface area (Å²) < 4.78 is 17.3. The van der Waals surface area contributed by atoms with Crippen molar-refractivity contribution < 1.29 is 8.63 Å². The topological polar surface area (TPSA) is 75.4 Å². The molecule has 0 spiro atoms. The molecule has 5 nitrogen and oxygen atoms in total. The van der Waals surface area contributed by atoms with E-state index in [-0.39, 0.29) is 11.3 Å². The maximum absolute atomic E-state index is 12.0. The Morgan fingerprint density at radius 2 is 2.29 bits per heavy atom. The largest absolute Gasteiger partial charge is 0.422 e. The zero-order valence-electron chi connectivity index (χ0n) is 12.5. The smallest absolute Gasteiger partial charge is 0.342 e. The summed E-state index contributed by atoms with van der Waals surface area (Å²) in [5.74, 6) is 6.92. The van der Waals surface area contributed by atoms with Gasteiger partial charge < -0.3 is 4.42 Å². The molecular formula is C18H10N2O3S. The Morgan fingerprint density at radius 1 is 1.46 bits per heavy atom. The minimum absolute atomic E-state index is 0.132. The van der Waals surface area contributed by atoms with Crippen LogP contribution in [-0.2, 0) is 16.6 Å². The highest BCUT2D eigenvalue weighted by atomic mass is 32.2. The van der Waals surface area contributed by atoms with Crippen molar-refractivity contribution in [2.75, 3.05) is 5.75 Å². The monoisotopic (exact) mass is 334 g/mol. The first kappa shape index (κ1) is 15.7. The molecule has 1 unspecified atom stereocenters. The summed E-state index contributed by atoms with van der Waals surface area (Å²) in [6.45, 7) is 6.89. The van der Waals surface area contributed by atoms with Gasteiger partial charge in [-0.15, -0.1) is 0 Å². The van der Waals surface area contributed by atoms with Crippen LogP contribution >= 0.6 is 0 Å². The second kappa shape index (κ2) is 6.54. The van der Waals surface area contributed by atoms with Crippen LogP contribution in [0.2, 0.25) is 0 Å². The molecule has 0 fully saturated rings. The molecule has 0 saturated carbocycles. The number of nitrogens with zero attached hydrogens (tertiary/aromatic N) is 2. The van der Waals surface area contributed by atoms with Crippen molar-refractivity contribution in [3.63, 3.8) is 0 Å². The van der Waals surface area contributed by atoms with E-state index < -0.39 is 16.4 Å². The summed E-state index contributed by atoms with van der Waals surface area (Å²) >= 11 is 0. The van der Waals surface area contributed by atoms with Crippen molar-refractivity contribution >= 4 is 27.8 Å². The number of allylic oxidation sites excluding steroid dienone is 1. The van der Waals surface area contributed by atoms with Gasteiger partial charge in [0.15, 0.2) is 0 Å². The average molecular weight is 334 g/mol. The van der Waals surface area contributed by atoms with Gasteiger partial charge in [-0.2, -0.15) is 0 Å². The van der Waals surface area contributed by atoms with Gasteiger partial charge in [-0.05, 0) is 29.8 Å². The van der Waals surface area contributed by atoms with Gasteiger partial charge in [0, 0.05) is 39.7 Å². The molecule has 0 radical (unpaired) electrons. The molecule has 1 aliphatic heterocycles. The zero-order chi connectivity index (χ0) is 17.1. The highest BCUT2D eigenvalue weighted by Gasteiger charge is 2.12. The van der Waals surface area contributed by atoms with Gasteiger partial charge in [0.05, 0.1) is 18.2 Å². The van der Waals surface area contributed by atoms with Crippen LogP contribution in [0.15, 0.2) is 33.1 Å². The van der Waals surface area contributed by atoms with E-state index in [1.54, 1.807) is 24.3 Å².